The van der Waals surface area contributed by atoms with E-state index in [1.54, 1.807) is 13.2 Å². The van der Waals surface area contributed by atoms with Gasteiger partial charge in [-0.1, -0.05) is 25.0 Å². The van der Waals surface area contributed by atoms with Crippen molar-refractivity contribution in [2.75, 3.05) is 13.7 Å². The van der Waals surface area contributed by atoms with Gasteiger partial charge in [-0.2, -0.15) is 0 Å². The average molecular weight is 345 g/mol. The third-order valence-electron chi connectivity index (χ3n) is 4.14. The fourth-order valence-corrected chi connectivity index (χ4v) is 2.76. The summed E-state index contributed by atoms with van der Waals surface area (Å²) in [5.74, 6) is -0.458. The van der Waals surface area contributed by atoms with Gasteiger partial charge in [-0.15, -0.1) is 0 Å². The van der Waals surface area contributed by atoms with Crippen LogP contribution in [0, 0.1) is 0 Å². The first kappa shape index (κ1) is 18.7. The number of carbonyl (C=O) groups is 3. The van der Waals surface area contributed by atoms with E-state index in [0.29, 0.717) is 25.0 Å². The highest BCUT2D eigenvalue weighted by molar-refractivity contribution is 6.15. The van der Waals surface area contributed by atoms with Gasteiger partial charge >= 0.3 is 5.97 Å². The Hall–Kier alpha value is -2.63. The number of nitrogens with zero attached hydrogens (tertiary/aromatic N) is 1. The maximum absolute atomic E-state index is 12.4. The number of carboxylic acids is 1. The molecule has 0 atom stereocenters. The van der Waals surface area contributed by atoms with Crippen molar-refractivity contribution in [3.05, 3.63) is 35.4 Å². The summed E-state index contributed by atoms with van der Waals surface area (Å²) in [4.78, 5) is 36.2. The molecule has 0 unspecified atom stereocenters. The minimum absolute atomic E-state index is 0.129. The zero-order valence-corrected chi connectivity index (χ0v) is 14.4. The largest absolute Gasteiger partial charge is 0.497 e. The summed E-state index contributed by atoms with van der Waals surface area (Å²) in [6.45, 7) is 0.394. The van der Waals surface area contributed by atoms with Crippen LogP contribution in [-0.2, 0) is 14.4 Å². The van der Waals surface area contributed by atoms with Crippen LogP contribution in [0.15, 0.2) is 29.8 Å². The summed E-state index contributed by atoms with van der Waals surface area (Å²) in [7, 11) is 1.59. The molecular formula is C19H23NO5. The number of rotatable bonds is 9. The van der Waals surface area contributed by atoms with Crippen molar-refractivity contribution in [3.8, 4) is 5.75 Å². The maximum atomic E-state index is 12.4. The molecule has 1 fully saturated rings. The number of carboxylic acid groups (broad SMARTS) is 1. The van der Waals surface area contributed by atoms with Crippen LogP contribution in [0.4, 0.5) is 0 Å². The Morgan fingerprint density at radius 2 is 1.84 bits per heavy atom. The molecule has 0 aliphatic carbocycles. The maximum Gasteiger partial charge on any atom is 0.303 e. The van der Waals surface area contributed by atoms with Crippen LogP contribution in [0.3, 0.4) is 0 Å². The zero-order valence-electron chi connectivity index (χ0n) is 14.4. The number of hydrogen-bond donors (Lipinski definition) is 1. The van der Waals surface area contributed by atoms with Crippen molar-refractivity contribution in [2.45, 2.75) is 38.5 Å². The van der Waals surface area contributed by atoms with Gasteiger partial charge in [-0.05, 0) is 36.6 Å². The highest BCUT2D eigenvalue weighted by Crippen LogP contribution is 2.23. The van der Waals surface area contributed by atoms with Gasteiger partial charge in [0.1, 0.15) is 5.75 Å². The van der Waals surface area contributed by atoms with E-state index in [1.807, 2.05) is 24.3 Å². The van der Waals surface area contributed by atoms with Gasteiger partial charge in [0, 0.05) is 18.5 Å². The smallest absolute Gasteiger partial charge is 0.303 e. The number of imide groups is 1. The number of unbranched alkanes of at least 4 members (excludes halogenated alkanes) is 3. The number of hydrogen-bond acceptors (Lipinski definition) is 4. The van der Waals surface area contributed by atoms with Crippen molar-refractivity contribution in [3.63, 3.8) is 0 Å². The highest BCUT2D eigenvalue weighted by atomic mass is 16.5. The molecule has 0 bridgehead atoms. The first-order valence-electron chi connectivity index (χ1n) is 8.42. The molecule has 0 saturated carbocycles. The third kappa shape index (κ3) is 5.45. The number of aliphatic carboxylic acids is 1. The van der Waals surface area contributed by atoms with Crippen LogP contribution >= 0.6 is 0 Å². The molecule has 0 spiro atoms. The number of carbonyl (C=O) groups excluding carboxylic acids is 2. The average Bonchev–Trinajstić information content (AvgIpc) is 2.85. The Morgan fingerprint density at radius 1 is 1.16 bits per heavy atom. The SMILES string of the molecule is COc1ccc(/C=C2\CC(=O)N(CCCCCCC(=O)O)C2=O)cc1. The van der Waals surface area contributed by atoms with Gasteiger partial charge < -0.3 is 9.84 Å². The van der Waals surface area contributed by atoms with Crippen LogP contribution < -0.4 is 4.74 Å². The molecule has 1 heterocycles. The molecule has 6 nitrogen and oxygen atoms in total. The standard InChI is InChI=1S/C19H23NO5/c1-25-16-9-7-14(8-10-16)12-15-13-17(21)20(19(15)24)11-5-3-2-4-6-18(22)23/h7-10,12H,2-6,11,13H2,1H3,(H,22,23)/b15-12+. The molecule has 2 amide bonds. The van der Waals surface area contributed by atoms with Gasteiger partial charge in [0.05, 0.1) is 13.5 Å². The quantitative estimate of drug-likeness (QED) is 0.423. The lowest BCUT2D eigenvalue weighted by Gasteiger charge is -2.12. The fourth-order valence-electron chi connectivity index (χ4n) is 2.76. The molecule has 1 aromatic rings. The van der Waals surface area contributed by atoms with Crippen molar-refractivity contribution in [2.24, 2.45) is 0 Å². The molecule has 1 N–H and O–H groups in total. The summed E-state index contributed by atoms with van der Waals surface area (Å²) >= 11 is 0. The van der Waals surface area contributed by atoms with Gasteiger partial charge in [0.15, 0.2) is 0 Å². The van der Waals surface area contributed by atoms with Crippen LogP contribution in [-0.4, -0.2) is 41.4 Å². The molecule has 6 heteroatoms. The van der Waals surface area contributed by atoms with Crippen LogP contribution in [0.25, 0.3) is 6.08 Å². The monoisotopic (exact) mass is 345 g/mol. The second kappa shape index (κ2) is 9.01. The molecule has 1 aliphatic heterocycles. The summed E-state index contributed by atoms with van der Waals surface area (Å²) in [5, 5.41) is 8.58. The van der Waals surface area contributed by atoms with E-state index in [4.69, 9.17) is 9.84 Å². The summed E-state index contributed by atoms with van der Waals surface area (Å²) in [5.41, 5.74) is 1.36. The first-order valence-corrected chi connectivity index (χ1v) is 8.42. The second-order valence-electron chi connectivity index (χ2n) is 6.03. The van der Waals surface area contributed by atoms with Crippen LogP contribution in [0.1, 0.15) is 44.1 Å². The summed E-state index contributed by atoms with van der Waals surface area (Å²) in [6.07, 6.45) is 4.96. The summed E-state index contributed by atoms with van der Waals surface area (Å²) in [6, 6.07) is 7.30. The van der Waals surface area contributed by atoms with E-state index < -0.39 is 5.97 Å². The second-order valence-corrected chi connectivity index (χ2v) is 6.03. The Kier molecular flexibility index (Phi) is 6.74. The van der Waals surface area contributed by atoms with Gasteiger partial charge in [-0.25, -0.2) is 0 Å². The first-order chi connectivity index (χ1) is 12.0. The predicted molar refractivity (Wildman–Crippen MR) is 93.0 cm³/mol. The molecule has 0 radical (unpaired) electrons. The minimum atomic E-state index is -0.793. The minimum Gasteiger partial charge on any atom is -0.497 e. The van der Waals surface area contributed by atoms with Crippen molar-refractivity contribution >= 4 is 23.9 Å². The number of benzene rings is 1. The molecule has 1 aromatic carbocycles. The van der Waals surface area contributed by atoms with E-state index in [1.165, 1.54) is 4.90 Å². The van der Waals surface area contributed by atoms with E-state index >= 15 is 0 Å². The lowest BCUT2D eigenvalue weighted by atomic mass is 10.1. The number of methoxy groups -OCH3 is 1. The van der Waals surface area contributed by atoms with Crippen molar-refractivity contribution < 1.29 is 24.2 Å². The molecule has 2 rings (SSSR count). The Balaban J connectivity index is 1.86. The molecule has 0 aromatic heterocycles. The molecule has 25 heavy (non-hydrogen) atoms. The van der Waals surface area contributed by atoms with Crippen molar-refractivity contribution in [1.29, 1.82) is 0 Å². The highest BCUT2D eigenvalue weighted by Gasteiger charge is 2.32. The summed E-state index contributed by atoms with van der Waals surface area (Å²) < 4.78 is 5.10. The Bertz CT molecular complexity index is 663. The molecule has 134 valence electrons. The van der Waals surface area contributed by atoms with Crippen LogP contribution in [0.2, 0.25) is 0 Å². The number of likely N-dealkylation sites (tertiary alicyclic amines) is 1. The van der Waals surface area contributed by atoms with E-state index in [9.17, 15) is 14.4 Å². The van der Waals surface area contributed by atoms with E-state index in [0.717, 1.165) is 24.2 Å². The topological polar surface area (TPSA) is 83.9 Å². The van der Waals surface area contributed by atoms with Gasteiger partial charge in [0.25, 0.3) is 5.91 Å². The van der Waals surface area contributed by atoms with Gasteiger partial charge in [0.2, 0.25) is 5.91 Å². The van der Waals surface area contributed by atoms with E-state index in [2.05, 4.69) is 0 Å². The van der Waals surface area contributed by atoms with E-state index in [-0.39, 0.29) is 24.7 Å². The normalized spacial score (nSPS) is 15.9. The number of amides is 2. The van der Waals surface area contributed by atoms with Crippen LogP contribution in [0.5, 0.6) is 5.75 Å². The molecule has 1 saturated heterocycles. The predicted octanol–water partition coefficient (Wildman–Crippen LogP) is 2.87. The third-order valence-corrected chi connectivity index (χ3v) is 4.14. The lowest BCUT2D eigenvalue weighted by Crippen LogP contribution is -2.30. The fraction of sp³-hybridized carbons (Fsp3) is 0.421. The molecule has 1 aliphatic rings. The molecular weight excluding hydrogens is 322 g/mol. The Labute approximate surface area is 147 Å². The number of ether oxygens (including phenoxy) is 1. The zero-order chi connectivity index (χ0) is 18.2. The lowest BCUT2D eigenvalue weighted by molar-refractivity contribution is -0.138. The van der Waals surface area contributed by atoms with Gasteiger partial charge in [-0.3, -0.25) is 19.3 Å². The van der Waals surface area contributed by atoms with Crippen molar-refractivity contribution in [1.82, 2.24) is 4.90 Å². The Morgan fingerprint density at radius 3 is 2.48 bits per heavy atom.